The van der Waals surface area contributed by atoms with Gasteiger partial charge in [0, 0.05) is 26.2 Å². The zero-order chi connectivity index (χ0) is 16.5. The van der Waals surface area contributed by atoms with Crippen molar-refractivity contribution in [3.63, 3.8) is 0 Å². The predicted molar refractivity (Wildman–Crippen MR) is 86.5 cm³/mol. The lowest BCUT2D eigenvalue weighted by Gasteiger charge is -2.14. The highest BCUT2D eigenvalue weighted by atomic mass is 16.2. The Bertz CT molecular complexity index is 537. The normalized spacial score (nSPS) is 11.0. The summed E-state index contributed by atoms with van der Waals surface area (Å²) >= 11 is 0. The molecular formula is C15H23N5O2. The second kappa shape index (κ2) is 8.66. The van der Waals surface area contributed by atoms with Crippen molar-refractivity contribution in [2.45, 2.75) is 13.5 Å². The Morgan fingerprint density at radius 1 is 1.18 bits per heavy atom. The van der Waals surface area contributed by atoms with Gasteiger partial charge in [-0.25, -0.2) is 4.99 Å². The molecule has 0 aliphatic heterocycles. The molecule has 22 heavy (non-hydrogen) atoms. The van der Waals surface area contributed by atoms with Crippen LogP contribution in [0.2, 0.25) is 0 Å². The smallest absolute Gasteiger partial charge is 0.248 e. The van der Waals surface area contributed by atoms with Crippen molar-refractivity contribution >= 4 is 17.8 Å². The Morgan fingerprint density at radius 3 is 2.32 bits per heavy atom. The number of benzene rings is 1. The molecule has 1 aromatic rings. The molecule has 0 fully saturated rings. The van der Waals surface area contributed by atoms with Crippen LogP contribution in [-0.4, -0.2) is 49.9 Å². The minimum absolute atomic E-state index is 0.0311. The van der Waals surface area contributed by atoms with Gasteiger partial charge in [-0.2, -0.15) is 0 Å². The summed E-state index contributed by atoms with van der Waals surface area (Å²) in [5, 5.41) is 6.05. The van der Waals surface area contributed by atoms with Gasteiger partial charge in [0.25, 0.3) is 0 Å². The molecule has 0 saturated heterocycles. The molecule has 0 spiro atoms. The van der Waals surface area contributed by atoms with Crippen LogP contribution in [0.1, 0.15) is 22.8 Å². The first-order valence-electron chi connectivity index (χ1n) is 7.05. The van der Waals surface area contributed by atoms with Gasteiger partial charge in [0.1, 0.15) is 0 Å². The molecule has 1 aromatic carbocycles. The van der Waals surface area contributed by atoms with Gasteiger partial charge in [0.05, 0.1) is 13.1 Å². The van der Waals surface area contributed by atoms with Gasteiger partial charge in [-0.05, 0) is 24.6 Å². The van der Waals surface area contributed by atoms with Crippen molar-refractivity contribution in [3.05, 3.63) is 35.4 Å². The van der Waals surface area contributed by atoms with E-state index in [0.29, 0.717) is 24.6 Å². The maximum atomic E-state index is 11.6. The molecule has 0 aromatic heterocycles. The van der Waals surface area contributed by atoms with Gasteiger partial charge in [-0.1, -0.05) is 12.1 Å². The maximum Gasteiger partial charge on any atom is 0.248 e. The minimum Gasteiger partial charge on any atom is -0.366 e. The van der Waals surface area contributed by atoms with Crippen molar-refractivity contribution in [1.29, 1.82) is 0 Å². The summed E-state index contributed by atoms with van der Waals surface area (Å²) in [5.41, 5.74) is 6.61. The van der Waals surface area contributed by atoms with Crippen molar-refractivity contribution in [2.24, 2.45) is 10.7 Å². The fraction of sp³-hybridized carbons (Fsp3) is 0.400. The highest BCUT2D eigenvalue weighted by molar-refractivity contribution is 5.92. The van der Waals surface area contributed by atoms with Crippen LogP contribution < -0.4 is 16.4 Å². The standard InChI is InChI=1S/C15H23N5O2/c1-4-17-15(19-10-13(21)20(2)3)18-9-11-5-7-12(8-6-11)14(16)22/h5-8H,4,9-10H2,1-3H3,(H2,16,22)(H2,17,18,19). The number of aliphatic imine (C=N–C) groups is 1. The van der Waals surface area contributed by atoms with E-state index in [0.717, 1.165) is 5.56 Å². The number of likely N-dealkylation sites (N-methyl/N-ethyl adjacent to an activating group) is 1. The van der Waals surface area contributed by atoms with Crippen LogP contribution in [0, 0.1) is 0 Å². The lowest BCUT2D eigenvalue weighted by molar-refractivity contribution is -0.127. The minimum atomic E-state index is -0.452. The van der Waals surface area contributed by atoms with Gasteiger partial charge < -0.3 is 21.3 Å². The average Bonchev–Trinajstić information content (AvgIpc) is 2.49. The monoisotopic (exact) mass is 305 g/mol. The van der Waals surface area contributed by atoms with Crippen LogP contribution in [0.15, 0.2) is 29.3 Å². The summed E-state index contributed by atoms with van der Waals surface area (Å²) < 4.78 is 0. The summed E-state index contributed by atoms with van der Waals surface area (Å²) in [6, 6.07) is 6.95. The maximum absolute atomic E-state index is 11.6. The number of carbonyl (C=O) groups excluding carboxylic acids is 2. The van der Waals surface area contributed by atoms with Crippen LogP contribution >= 0.6 is 0 Å². The number of nitrogens with one attached hydrogen (secondary N) is 2. The Morgan fingerprint density at radius 2 is 1.82 bits per heavy atom. The van der Waals surface area contributed by atoms with Crippen LogP contribution in [0.5, 0.6) is 0 Å². The van der Waals surface area contributed by atoms with E-state index in [1.54, 1.807) is 38.4 Å². The number of hydrogen-bond donors (Lipinski definition) is 3. The Kier molecular flexibility index (Phi) is 6.88. The summed E-state index contributed by atoms with van der Waals surface area (Å²) in [5.74, 6) is 0.0837. The van der Waals surface area contributed by atoms with Gasteiger partial charge in [0.15, 0.2) is 5.96 Å². The van der Waals surface area contributed by atoms with E-state index < -0.39 is 5.91 Å². The van der Waals surface area contributed by atoms with Crippen molar-refractivity contribution in [2.75, 3.05) is 27.2 Å². The zero-order valence-corrected chi connectivity index (χ0v) is 13.2. The number of nitrogens with zero attached hydrogens (tertiary/aromatic N) is 2. The van der Waals surface area contributed by atoms with Crippen LogP contribution in [0.25, 0.3) is 0 Å². The molecule has 7 heteroatoms. The highest BCUT2D eigenvalue weighted by Crippen LogP contribution is 2.05. The molecule has 120 valence electrons. The number of nitrogens with two attached hydrogens (primary N) is 1. The van der Waals surface area contributed by atoms with E-state index >= 15 is 0 Å². The first-order valence-corrected chi connectivity index (χ1v) is 7.05. The molecule has 0 aliphatic carbocycles. The van der Waals surface area contributed by atoms with E-state index in [1.807, 2.05) is 6.92 Å². The summed E-state index contributed by atoms with van der Waals surface area (Å²) in [6.45, 7) is 3.26. The molecule has 7 nitrogen and oxygen atoms in total. The summed E-state index contributed by atoms with van der Waals surface area (Å²) in [7, 11) is 3.41. The molecule has 0 heterocycles. The Hall–Kier alpha value is -2.57. The Balaban J connectivity index is 2.64. The molecular weight excluding hydrogens is 282 g/mol. The second-order valence-corrected chi connectivity index (χ2v) is 4.90. The third-order valence-electron chi connectivity index (χ3n) is 2.91. The average molecular weight is 305 g/mol. The largest absolute Gasteiger partial charge is 0.366 e. The molecule has 0 bridgehead atoms. The van der Waals surface area contributed by atoms with E-state index in [9.17, 15) is 9.59 Å². The molecule has 0 radical (unpaired) electrons. The molecule has 0 atom stereocenters. The van der Waals surface area contributed by atoms with E-state index in [-0.39, 0.29) is 12.5 Å². The van der Waals surface area contributed by atoms with Gasteiger partial charge in [-0.3, -0.25) is 9.59 Å². The SMILES string of the molecule is CCNC(=NCc1ccc(C(N)=O)cc1)NCC(=O)N(C)C. The fourth-order valence-corrected chi connectivity index (χ4v) is 1.60. The fourth-order valence-electron chi connectivity index (χ4n) is 1.60. The number of primary amides is 1. The molecule has 0 saturated carbocycles. The summed E-state index contributed by atoms with van der Waals surface area (Å²) in [4.78, 5) is 28.5. The third kappa shape index (κ3) is 5.82. The predicted octanol–water partition coefficient (Wildman–Crippen LogP) is -0.0712. The first-order chi connectivity index (χ1) is 10.4. The second-order valence-electron chi connectivity index (χ2n) is 4.90. The first kappa shape index (κ1) is 17.5. The van der Waals surface area contributed by atoms with Gasteiger partial charge >= 0.3 is 0 Å². The molecule has 2 amide bonds. The van der Waals surface area contributed by atoms with Crippen LogP contribution in [0.4, 0.5) is 0 Å². The van der Waals surface area contributed by atoms with Crippen LogP contribution in [0.3, 0.4) is 0 Å². The highest BCUT2D eigenvalue weighted by Gasteiger charge is 2.05. The number of carbonyl (C=O) groups is 2. The topological polar surface area (TPSA) is 99.8 Å². The number of rotatable bonds is 6. The Labute approximate surface area is 130 Å². The number of guanidine groups is 1. The lowest BCUT2D eigenvalue weighted by atomic mass is 10.1. The van der Waals surface area contributed by atoms with E-state index in [2.05, 4.69) is 15.6 Å². The van der Waals surface area contributed by atoms with Gasteiger partial charge in [-0.15, -0.1) is 0 Å². The lowest BCUT2D eigenvalue weighted by Crippen LogP contribution is -2.42. The van der Waals surface area contributed by atoms with Crippen molar-refractivity contribution in [3.8, 4) is 0 Å². The molecule has 0 aliphatic rings. The van der Waals surface area contributed by atoms with Gasteiger partial charge in [0.2, 0.25) is 11.8 Å². The number of amides is 2. The van der Waals surface area contributed by atoms with Crippen LogP contribution in [-0.2, 0) is 11.3 Å². The van der Waals surface area contributed by atoms with Crippen molar-refractivity contribution < 1.29 is 9.59 Å². The molecule has 1 rings (SSSR count). The quantitative estimate of drug-likeness (QED) is 0.506. The van der Waals surface area contributed by atoms with E-state index in [1.165, 1.54) is 4.90 Å². The van der Waals surface area contributed by atoms with Crippen molar-refractivity contribution in [1.82, 2.24) is 15.5 Å². The van der Waals surface area contributed by atoms with E-state index in [4.69, 9.17) is 5.73 Å². The summed E-state index contributed by atoms with van der Waals surface area (Å²) in [6.07, 6.45) is 0. The third-order valence-corrected chi connectivity index (χ3v) is 2.91. The number of hydrogen-bond acceptors (Lipinski definition) is 3. The molecule has 0 unspecified atom stereocenters. The zero-order valence-electron chi connectivity index (χ0n) is 13.2. The molecule has 4 N–H and O–H groups in total.